The van der Waals surface area contributed by atoms with Gasteiger partial charge in [-0.05, 0) is 13.1 Å². The van der Waals surface area contributed by atoms with Crippen LogP contribution >= 0.6 is 0 Å². The van der Waals surface area contributed by atoms with Crippen molar-refractivity contribution in [1.82, 2.24) is 4.90 Å². The van der Waals surface area contributed by atoms with Crippen LogP contribution < -0.4 is 4.90 Å². The second kappa shape index (κ2) is 5.08. The molecule has 0 spiro atoms. The fourth-order valence-corrected chi connectivity index (χ4v) is 2.06. The smallest absolute Gasteiger partial charge is 0.338 e. The molecule has 1 aliphatic rings. The molecule has 1 aromatic rings. The van der Waals surface area contributed by atoms with Crippen molar-refractivity contribution in [2.45, 2.75) is 0 Å². The van der Waals surface area contributed by atoms with Crippen LogP contribution in [0.2, 0.25) is 0 Å². The molecule has 0 saturated carbocycles. The first-order valence-electron chi connectivity index (χ1n) is 5.76. The van der Waals surface area contributed by atoms with Crippen LogP contribution in [0.5, 0.6) is 0 Å². The SMILES string of the molecule is CN1CCN(c2c(F)cc(C(=O)O)c(F)c2F)CC1. The van der Waals surface area contributed by atoms with Crippen molar-refractivity contribution in [3.63, 3.8) is 0 Å². The van der Waals surface area contributed by atoms with E-state index in [0.717, 1.165) is 0 Å². The zero-order valence-electron chi connectivity index (χ0n) is 10.3. The van der Waals surface area contributed by atoms with Crippen molar-refractivity contribution in [3.05, 3.63) is 29.1 Å². The van der Waals surface area contributed by atoms with Gasteiger partial charge in [-0.25, -0.2) is 18.0 Å². The molecule has 0 unspecified atom stereocenters. The second-order valence-electron chi connectivity index (χ2n) is 4.48. The number of hydrogen-bond acceptors (Lipinski definition) is 3. The van der Waals surface area contributed by atoms with Crippen molar-refractivity contribution in [2.75, 3.05) is 38.1 Å². The summed E-state index contributed by atoms with van der Waals surface area (Å²) in [5.41, 5.74) is -1.48. The van der Waals surface area contributed by atoms with E-state index in [4.69, 9.17) is 5.11 Å². The Morgan fingerprint density at radius 3 is 2.26 bits per heavy atom. The summed E-state index contributed by atoms with van der Waals surface area (Å²) < 4.78 is 41.2. The predicted octanol–water partition coefficient (Wildman–Crippen LogP) is 1.55. The molecule has 0 bridgehead atoms. The average Bonchev–Trinajstić information content (AvgIpc) is 2.36. The number of halogens is 3. The van der Waals surface area contributed by atoms with E-state index in [1.165, 1.54) is 4.90 Å². The topological polar surface area (TPSA) is 43.8 Å². The molecule has 1 fully saturated rings. The molecule has 7 heteroatoms. The van der Waals surface area contributed by atoms with Crippen LogP contribution in [0.15, 0.2) is 6.07 Å². The van der Waals surface area contributed by atoms with Crippen LogP contribution in [0, 0.1) is 17.5 Å². The van der Waals surface area contributed by atoms with E-state index >= 15 is 0 Å². The molecule has 104 valence electrons. The third-order valence-electron chi connectivity index (χ3n) is 3.18. The number of likely N-dealkylation sites (N-methyl/N-ethyl adjacent to an activating group) is 1. The molecule has 1 aliphatic heterocycles. The maximum Gasteiger partial charge on any atom is 0.338 e. The van der Waals surface area contributed by atoms with Gasteiger partial charge in [0.15, 0.2) is 17.5 Å². The number of carboxylic acids is 1. The summed E-state index contributed by atoms with van der Waals surface area (Å²) >= 11 is 0. The summed E-state index contributed by atoms with van der Waals surface area (Å²) in [6.45, 7) is 1.91. The van der Waals surface area contributed by atoms with Gasteiger partial charge < -0.3 is 14.9 Å². The number of aromatic carboxylic acids is 1. The molecular weight excluding hydrogens is 261 g/mol. The molecule has 1 saturated heterocycles. The zero-order chi connectivity index (χ0) is 14.2. The van der Waals surface area contributed by atoms with E-state index in [0.29, 0.717) is 32.2 Å². The van der Waals surface area contributed by atoms with Gasteiger partial charge in [0.2, 0.25) is 0 Å². The van der Waals surface area contributed by atoms with Gasteiger partial charge in [0.1, 0.15) is 11.3 Å². The molecule has 0 atom stereocenters. The van der Waals surface area contributed by atoms with Crippen LogP contribution in [0.1, 0.15) is 10.4 Å². The van der Waals surface area contributed by atoms with Crippen molar-refractivity contribution in [2.24, 2.45) is 0 Å². The first kappa shape index (κ1) is 13.7. The summed E-state index contributed by atoms with van der Waals surface area (Å²) in [7, 11) is 1.87. The van der Waals surface area contributed by atoms with E-state index in [-0.39, 0.29) is 0 Å². The van der Waals surface area contributed by atoms with E-state index in [1.807, 2.05) is 11.9 Å². The normalized spacial score (nSPS) is 16.7. The number of carboxylic acid groups (broad SMARTS) is 1. The van der Waals surface area contributed by atoms with Crippen LogP contribution in [-0.2, 0) is 0 Å². The lowest BCUT2D eigenvalue weighted by Crippen LogP contribution is -2.45. The number of rotatable bonds is 2. The fraction of sp³-hybridized carbons (Fsp3) is 0.417. The molecule has 0 aliphatic carbocycles. The molecule has 1 heterocycles. The largest absolute Gasteiger partial charge is 0.478 e. The van der Waals surface area contributed by atoms with Crippen LogP contribution in [-0.4, -0.2) is 49.2 Å². The number of piperazine rings is 1. The highest BCUT2D eigenvalue weighted by Gasteiger charge is 2.27. The van der Waals surface area contributed by atoms with E-state index < -0.39 is 34.7 Å². The average molecular weight is 274 g/mol. The standard InChI is InChI=1S/C12H13F3N2O2/c1-16-2-4-17(5-3-16)11-8(13)6-7(12(18)19)9(14)10(11)15/h6H,2-5H2,1H3,(H,18,19). The Hall–Kier alpha value is -1.76. The summed E-state index contributed by atoms with van der Waals surface area (Å²) in [5, 5.41) is 8.66. The Balaban J connectivity index is 2.41. The van der Waals surface area contributed by atoms with E-state index in [1.54, 1.807) is 0 Å². The second-order valence-corrected chi connectivity index (χ2v) is 4.48. The lowest BCUT2D eigenvalue weighted by atomic mass is 10.1. The summed E-state index contributed by atoms with van der Waals surface area (Å²) in [6, 6.07) is 0.522. The Morgan fingerprint density at radius 2 is 1.74 bits per heavy atom. The molecule has 1 N–H and O–H groups in total. The Bertz CT molecular complexity index is 514. The third kappa shape index (κ3) is 2.51. The van der Waals surface area contributed by atoms with Crippen molar-refractivity contribution < 1.29 is 23.1 Å². The van der Waals surface area contributed by atoms with Gasteiger partial charge in [-0.15, -0.1) is 0 Å². The summed E-state index contributed by atoms with van der Waals surface area (Å²) in [4.78, 5) is 14.0. The van der Waals surface area contributed by atoms with Gasteiger partial charge >= 0.3 is 5.97 Å². The number of nitrogens with zero attached hydrogens (tertiary/aromatic N) is 2. The van der Waals surface area contributed by atoms with Gasteiger partial charge in [-0.2, -0.15) is 0 Å². The van der Waals surface area contributed by atoms with Crippen LogP contribution in [0.3, 0.4) is 0 Å². The highest BCUT2D eigenvalue weighted by atomic mass is 19.2. The first-order chi connectivity index (χ1) is 8.91. The maximum atomic E-state index is 13.8. The van der Waals surface area contributed by atoms with Crippen molar-refractivity contribution in [1.29, 1.82) is 0 Å². The van der Waals surface area contributed by atoms with Crippen molar-refractivity contribution >= 4 is 11.7 Å². The predicted molar refractivity (Wildman–Crippen MR) is 63.0 cm³/mol. The van der Waals surface area contributed by atoms with Crippen LogP contribution in [0.4, 0.5) is 18.9 Å². The Morgan fingerprint density at radius 1 is 1.16 bits per heavy atom. The minimum Gasteiger partial charge on any atom is -0.478 e. The lowest BCUT2D eigenvalue weighted by Gasteiger charge is -2.34. The molecule has 0 amide bonds. The molecule has 1 aromatic carbocycles. The number of hydrogen-bond donors (Lipinski definition) is 1. The first-order valence-corrected chi connectivity index (χ1v) is 5.76. The number of benzene rings is 1. The Labute approximate surface area is 108 Å². The number of anilines is 1. The van der Waals surface area contributed by atoms with Gasteiger partial charge in [0, 0.05) is 26.2 Å². The minimum atomic E-state index is -1.69. The van der Waals surface area contributed by atoms with Gasteiger partial charge in [-0.1, -0.05) is 0 Å². The van der Waals surface area contributed by atoms with Gasteiger partial charge in [0.25, 0.3) is 0 Å². The molecule has 2 rings (SSSR count). The van der Waals surface area contributed by atoms with Gasteiger partial charge in [0.05, 0.1) is 0 Å². The fourth-order valence-electron chi connectivity index (χ4n) is 2.06. The minimum absolute atomic E-state index is 0.357. The monoisotopic (exact) mass is 274 g/mol. The highest BCUT2D eigenvalue weighted by Crippen LogP contribution is 2.28. The molecular formula is C12H13F3N2O2. The quantitative estimate of drug-likeness (QED) is 0.831. The maximum absolute atomic E-state index is 13.8. The molecule has 0 aromatic heterocycles. The highest BCUT2D eigenvalue weighted by molar-refractivity contribution is 5.88. The molecule has 4 nitrogen and oxygen atoms in total. The van der Waals surface area contributed by atoms with Crippen LogP contribution in [0.25, 0.3) is 0 Å². The third-order valence-corrected chi connectivity index (χ3v) is 3.18. The Kier molecular flexibility index (Phi) is 3.66. The van der Waals surface area contributed by atoms with E-state index in [2.05, 4.69) is 0 Å². The lowest BCUT2D eigenvalue weighted by molar-refractivity contribution is 0.0690. The van der Waals surface area contributed by atoms with E-state index in [9.17, 15) is 18.0 Å². The summed E-state index contributed by atoms with van der Waals surface area (Å²) in [6.07, 6.45) is 0. The summed E-state index contributed by atoms with van der Waals surface area (Å²) in [5.74, 6) is -5.72. The number of carbonyl (C=O) groups is 1. The van der Waals surface area contributed by atoms with Crippen molar-refractivity contribution in [3.8, 4) is 0 Å². The molecule has 0 radical (unpaired) electrons. The zero-order valence-corrected chi connectivity index (χ0v) is 10.3. The van der Waals surface area contributed by atoms with Gasteiger partial charge in [-0.3, -0.25) is 0 Å². The molecule has 19 heavy (non-hydrogen) atoms.